The van der Waals surface area contributed by atoms with Crippen LogP contribution in [0.5, 0.6) is 0 Å². The second kappa shape index (κ2) is 6.48. The Kier molecular flexibility index (Phi) is 3.96. The van der Waals surface area contributed by atoms with E-state index in [0.717, 1.165) is 67.0 Å². The molecule has 3 aromatic rings. The Balaban J connectivity index is 1.70. The summed E-state index contributed by atoms with van der Waals surface area (Å²) in [6.45, 7) is 0.566. The Hall–Kier alpha value is -2.69. The fraction of sp³-hybridized carbons (Fsp3) is 0.409. The molecular formula is C22H23N3O2. The van der Waals surface area contributed by atoms with Crippen molar-refractivity contribution in [3.05, 3.63) is 63.1 Å². The van der Waals surface area contributed by atoms with E-state index >= 15 is 0 Å². The van der Waals surface area contributed by atoms with Crippen molar-refractivity contribution in [2.45, 2.75) is 57.5 Å². The number of aromatic nitrogens is 3. The second-order valence-electron chi connectivity index (χ2n) is 7.83. The number of hydrogen-bond acceptors (Lipinski definition) is 3. The molecule has 0 aliphatic heterocycles. The molecule has 5 rings (SSSR count). The number of nitrogens with zero attached hydrogens (tertiary/aromatic N) is 3. The maximum absolute atomic E-state index is 13.3. The molecule has 0 bridgehead atoms. The van der Waals surface area contributed by atoms with E-state index in [4.69, 9.17) is 0 Å². The van der Waals surface area contributed by atoms with Gasteiger partial charge < -0.3 is 0 Å². The Labute approximate surface area is 157 Å². The highest BCUT2D eigenvalue weighted by Crippen LogP contribution is 2.35. The largest absolute Gasteiger partial charge is 0.298 e. The molecule has 2 aromatic heterocycles. The van der Waals surface area contributed by atoms with E-state index in [1.54, 1.807) is 6.07 Å². The Bertz CT molecular complexity index is 1090. The summed E-state index contributed by atoms with van der Waals surface area (Å²) in [6, 6.07) is 7.89. The summed E-state index contributed by atoms with van der Waals surface area (Å²) in [5.74, 6) is 0. The highest BCUT2D eigenvalue weighted by molar-refractivity contribution is 5.81. The second-order valence-corrected chi connectivity index (χ2v) is 7.83. The summed E-state index contributed by atoms with van der Waals surface area (Å²) >= 11 is 0. The van der Waals surface area contributed by atoms with Crippen LogP contribution in [0.1, 0.15) is 65.2 Å². The van der Waals surface area contributed by atoms with Crippen molar-refractivity contribution in [2.75, 3.05) is 0 Å². The number of fused-ring (bicyclic) bond motifs is 3. The first-order valence-corrected chi connectivity index (χ1v) is 9.92. The van der Waals surface area contributed by atoms with Crippen LogP contribution in [0.25, 0.3) is 11.0 Å². The van der Waals surface area contributed by atoms with Gasteiger partial charge in [0.05, 0.1) is 12.7 Å². The number of aldehydes is 1. The van der Waals surface area contributed by atoms with E-state index in [-0.39, 0.29) is 5.56 Å². The minimum absolute atomic E-state index is 0.199. The van der Waals surface area contributed by atoms with Crippen LogP contribution in [-0.4, -0.2) is 20.6 Å². The van der Waals surface area contributed by atoms with Gasteiger partial charge in [-0.05, 0) is 62.1 Å². The third kappa shape index (κ3) is 2.64. The molecule has 138 valence electrons. The molecule has 2 heterocycles. The van der Waals surface area contributed by atoms with Crippen LogP contribution in [0.2, 0.25) is 0 Å². The summed E-state index contributed by atoms with van der Waals surface area (Å²) in [4.78, 5) is 24.4. The fourth-order valence-electron chi connectivity index (χ4n) is 4.56. The summed E-state index contributed by atoms with van der Waals surface area (Å²) < 4.78 is 3.98. The zero-order valence-electron chi connectivity index (χ0n) is 15.4. The normalized spacial score (nSPS) is 16.9. The first-order valence-electron chi connectivity index (χ1n) is 9.92. The molecule has 0 amide bonds. The van der Waals surface area contributed by atoms with Gasteiger partial charge >= 0.3 is 0 Å². The smallest absolute Gasteiger partial charge is 0.255 e. The van der Waals surface area contributed by atoms with Crippen molar-refractivity contribution in [1.29, 1.82) is 0 Å². The SMILES string of the molecule is O=Cc1cccc(Cn2ncc3c4c(c(=O)n(C5CCC5)c32)CCCC4)c1. The monoisotopic (exact) mass is 361 g/mol. The molecule has 5 heteroatoms. The number of rotatable bonds is 4. The predicted molar refractivity (Wildman–Crippen MR) is 104 cm³/mol. The molecule has 27 heavy (non-hydrogen) atoms. The molecule has 0 spiro atoms. The van der Waals surface area contributed by atoms with Crippen LogP contribution in [0.15, 0.2) is 35.3 Å². The molecule has 5 nitrogen and oxygen atoms in total. The number of benzene rings is 1. The van der Waals surface area contributed by atoms with Gasteiger partial charge in [-0.25, -0.2) is 4.68 Å². The van der Waals surface area contributed by atoms with Crippen LogP contribution in [0, 0.1) is 0 Å². The summed E-state index contributed by atoms with van der Waals surface area (Å²) in [7, 11) is 0. The van der Waals surface area contributed by atoms with Gasteiger partial charge in [-0.2, -0.15) is 5.10 Å². The molecule has 0 radical (unpaired) electrons. The molecule has 2 aliphatic carbocycles. The van der Waals surface area contributed by atoms with E-state index in [9.17, 15) is 9.59 Å². The van der Waals surface area contributed by atoms with E-state index in [2.05, 4.69) is 5.10 Å². The van der Waals surface area contributed by atoms with E-state index in [1.807, 2.05) is 33.6 Å². The molecule has 0 N–H and O–H groups in total. The van der Waals surface area contributed by atoms with Gasteiger partial charge in [-0.3, -0.25) is 14.2 Å². The summed E-state index contributed by atoms with van der Waals surface area (Å²) in [6.07, 6.45) is 10.2. The average Bonchev–Trinajstić information content (AvgIpc) is 3.07. The van der Waals surface area contributed by atoms with Crippen molar-refractivity contribution >= 4 is 17.3 Å². The lowest BCUT2D eigenvalue weighted by Gasteiger charge is -2.30. The number of carbonyl (C=O) groups excluding carboxylic acids is 1. The lowest BCUT2D eigenvalue weighted by molar-refractivity contribution is 0.112. The van der Waals surface area contributed by atoms with Gasteiger partial charge in [-0.1, -0.05) is 18.2 Å². The highest BCUT2D eigenvalue weighted by atomic mass is 16.1. The van der Waals surface area contributed by atoms with Crippen molar-refractivity contribution in [2.24, 2.45) is 0 Å². The van der Waals surface area contributed by atoms with Crippen LogP contribution < -0.4 is 5.56 Å². The zero-order valence-corrected chi connectivity index (χ0v) is 15.4. The van der Waals surface area contributed by atoms with E-state index in [1.165, 1.54) is 12.0 Å². The molecule has 1 aromatic carbocycles. The van der Waals surface area contributed by atoms with Gasteiger partial charge in [-0.15, -0.1) is 0 Å². The quantitative estimate of drug-likeness (QED) is 0.666. The van der Waals surface area contributed by atoms with Crippen molar-refractivity contribution in [3.63, 3.8) is 0 Å². The molecule has 2 aliphatic rings. The fourth-order valence-corrected chi connectivity index (χ4v) is 4.56. The standard InChI is InChI=1S/C22H23N3O2/c26-14-16-6-3-5-15(11-16)13-24-21-20(12-23-24)18-9-1-2-10-19(18)22(27)25(21)17-7-4-8-17/h3,5-6,11-12,14,17H,1-2,4,7-10,13H2. The Morgan fingerprint density at radius 2 is 1.93 bits per heavy atom. The topological polar surface area (TPSA) is 56.9 Å². The summed E-state index contributed by atoms with van der Waals surface area (Å²) in [5, 5.41) is 5.81. The van der Waals surface area contributed by atoms with Gasteiger partial charge in [0, 0.05) is 22.6 Å². The Morgan fingerprint density at radius 1 is 1.11 bits per heavy atom. The van der Waals surface area contributed by atoms with Crippen LogP contribution >= 0.6 is 0 Å². The molecule has 0 atom stereocenters. The third-order valence-electron chi connectivity index (χ3n) is 6.17. The maximum atomic E-state index is 13.3. The van der Waals surface area contributed by atoms with Crippen LogP contribution in [0.3, 0.4) is 0 Å². The van der Waals surface area contributed by atoms with Crippen molar-refractivity contribution in [1.82, 2.24) is 14.3 Å². The minimum Gasteiger partial charge on any atom is -0.298 e. The number of hydrogen-bond donors (Lipinski definition) is 0. The van der Waals surface area contributed by atoms with Crippen molar-refractivity contribution in [3.8, 4) is 0 Å². The zero-order chi connectivity index (χ0) is 18.4. The molecular weight excluding hydrogens is 338 g/mol. The van der Waals surface area contributed by atoms with Gasteiger partial charge in [0.25, 0.3) is 5.56 Å². The number of aryl methyl sites for hydroxylation is 1. The minimum atomic E-state index is 0.199. The lowest BCUT2D eigenvalue weighted by Crippen LogP contribution is -2.34. The number of pyridine rings is 1. The van der Waals surface area contributed by atoms with Gasteiger partial charge in [0.15, 0.2) is 0 Å². The Morgan fingerprint density at radius 3 is 2.67 bits per heavy atom. The average molecular weight is 361 g/mol. The lowest BCUT2D eigenvalue weighted by atomic mass is 9.88. The number of carbonyl (C=O) groups is 1. The predicted octanol–water partition coefficient (Wildman–Crippen LogP) is 3.66. The van der Waals surface area contributed by atoms with E-state index in [0.29, 0.717) is 18.2 Å². The first kappa shape index (κ1) is 16.5. The van der Waals surface area contributed by atoms with Crippen molar-refractivity contribution < 1.29 is 4.79 Å². The highest BCUT2D eigenvalue weighted by Gasteiger charge is 2.28. The first-order chi connectivity index (χ1) is 13.3. The molecule has 1 fully saturated rings. The van der Waals surface area contributed by atoms with Crippen LogP contribution in [-0.2, 0) is 19.4 Å². The van der Waals surface area contributed by atoms with E-state index < -0.39 is 0 Å². The van der Waals surface area contributed by atoms with Crippen LogP contribution in [0.4, 0.5) is 0 Å². The third-order valence-corrected chi connectivity index (χ3v) is 6.17. The van der Waals surface area contributed by atoms with Gasteiger partial charge in [0.2, 0.25) is 0 Å². The molecule has 0 unspecified atom stereocenters. The maximum Gasteiger partial charge on any atom is 0.255 e. The van der Waals surface area contributed by atoms with Gasteiger partial charge in [0.1, 0.15) is 11.9 Å². The molecule has 1 saturated carbocycles. The molecule has 0 saturated heterocycles. The summed E-state index contributed by atoms with van der Waals surface area (Å²) in [5.41, 5.74) is 5.08.